The van der Waals surface area contributed by atoms with Gasteiger partial charge in [0, 0.05) is 20.2 Å². The average molecular weight is 343 g/mol. The van der Waals surface area contributed by atoms with E-state index in [0.717, 1.165) is 23.1 Å². The molecular formula is C15H16F3N3O3. The van der Waals surface area contributed by atoms with Gasteiger partial charge >= 0.3 is 6.18 Å². The molecule has 0 saturated carbocycles. The maximum absolute atomic E-state index is 12.9. The minimum Gasteiger partial charge on any atom is -0.395 e. The Hall–Kier alpha value is -2.55. The van der Waals surface area contributed by atoms with Gasteiger partial charge < -0.3 is 15.3 Å². The lowest BCUT2D eigenvalue weighted by Crippen LogP contribution is -2.34. The van der Waals surface area contributed by atoms with Gasteiger partial charge in [-0.05, 0) is 18.2 Å². The Morgan fingerprint density at radius 1 is 1.25 bits per heavy atom. The van der Waals surface area contributed by atoms with Gasteiger partial charge in [-0.25, -0.2) is 0 Å². The van der Waals surface area contributed by atoms with Gasteiger partial charge in [0.1, 0.15) is 5.70 Å². The van der Waals surface area contributed by atoms with E-state index in [1.165, 1.54) is 6.07 Å². The molecule has 0 spiro atoms. The molecule has 130 valence electrons. The van der Waals surface area contributed by atoms with Crippen molar-refractivity contribution in [3.63, 3.8) is 0 Å². The van der Waals surface area contributed by atoms with Crippen molar-refractivity contribution in [2.75, 3.05) is 37.5 Å². The maximum atomic E-state index is 12.9. The van der Waals surface area contributed by atoms with Gasteiger partial charge in [0.05, 0.1) is 30.1 Å². The lowest BCUT2D eigenvalue weighted by molar-refractivity contribution is -0.138. The largest absolute Gasteiger partial charge is 0.416 e. The Balaban J connectivity index is 2.36. The number of hydrogen-bond acceptors (Lipinski definition) is 5. The summed E-state index contributed by atoms with van der Waals surface area (Å²) in [6.45, 7) is -0.576. The number of carbonyl (C=O) groups excluding carboxylic acids is 2. The molecule has 0 atom stereocenters. The van der Waals surface area contributed by atoms with Crippen LogP contribution < -0.4 is 10.2 Å². The fourth-order valence-electron chi connectivity index (χ4n) is 2.26. The second-order valence-electron chi connectivity index (χ2n) is 5.33. The number of rotatable bonds is 5. The highest BCUT2D eigenvalue weighted by atomic mass is 19.4. The summed E-state index contributed by atoms with van der Waals surface area (Å²) in [7, 11) is 3.28. The first-order valence-electron chi connectivity index (χ1n) is 6.99. The van der Waals surface area contributed by atoms with Gasteiger partial charge in [-0.2, -0.15) is 13.2 Å². The fourth-order valence-corrected chi connectivity index (χ4v) is 2.26. The molecule has 0 unspecified atom stereocenters. The number of halogens is 3. The van der Waals surface area contributed by atoms with Gasteiger partial charge in [-0.15, -0.1) is 0 Å². The summed E-state index contributed by atoms with van der Waals surface area (Å²) in [6.07, 6.45) is -3.54. The molecule has 0 aliphatic carbocycles. The van der Waals surface area contributed by atoms with Crippen molar-refractivity contribution in [3.05, 3.63) is 35.5 Å². The van der Waals surface area contributed by atoms with E-state index < -0.39 is 30.2 Å². The third kappa shape index (κ3) is 3.51. The second kappa shape index (κ2) is 6.52. The van der Waals surface area contributed by atoms with Crippen LogP contribution in [0.25, 0.3) is 0 Å². The van der Waals surface area contributed by atoms with Crippen molar-refractivity contribution < 1.29 is 27.9 Å². The van der Waals surface area contributed by atoms with E-state index in [2.05, 4.69) is 5.32 Å². The van der Waals surface area contributed by atoms with Crippen LogP contribution in [-0.4, -0.2) is 49.1 Å². The third-order valence-electron chi connectivity index (χ3n) is 3.41. The van der Waals surface area contributed by atoms with Crippen molar-refractivity contribution in [2.24, 2.45) is 0 Å². The molecule has 1 aromatic carbocycles. The van der Waals surface area contributed by atoms with Crippen LogP contribution in [0.2, 0.25) is 0 Å². The molecule has 0 fully saturated rings. The highest BCUT2D eigenvalue weighted by Crippen LogP contribution is 2.35. The molecule has 0 radical (unpaired) electrons. The van der Waals surface area contributed by atoms with Crippen molar-refractivity contribution in [1.29, 1.82) is 0 Å². The van der Waals surface area contributed by atoms with E-state index in [0.29, 0.717) is 5.69 Å². The summed E-state index contributed by atoms with van der Waals surface area (Å²) in [5, 5.41) is 11.5. The number of alkyl halides is 3. The smallest absolute Gasteiger partial charge is 0.395 e. The number of aliphatic hydroxyl groups is 1. The molecule has 0 saturated heterocycles. The monoisotopic (exact) mass is 343 g/mol. The Labute approximate surface area is 136 Å². The number of nitrogens with zero attached hydrogens (tertiary/aromatic N) is 2. The minimum atomic E-state index is -4.53. The summed E-state index contributed by atoms with van der Waals surface area (Å²) in [4.78, 5) is 26.2. The van der Waals surface area contributed by atoms with Crippen molar-refractivity contribution in [3.8, 4) is 0 Å². The normalized spacial score (nSPS) is 14.9. The number of carbonyl (C=O) groups is 2. The number of anilines is 2. The lowest BCUT2D eigenvalue weighted by Gasteiger charge is -2.21. The second-order valence-corrected chi connectivity index (χ2v) is 5.33. The molecule has 1 aliphatic rings. The maximum Gasteiger partial charge on any atom is 0.416 e. The number of aliphatic hydroxyl groups excluding tert-OH is 1. The Kier molecular flexibility index (Phi) is 4.83. The number of β-amino-alcohol motifs (C(OH)–C–C–N with tert-alkyl or cyclic N) is 1. The number of nitrogens with one attached hydrogen (secondary N) is 1. The number of hydrogen-bond donors (Lipinski definition) is 2. The Bertz CT molecular complexity index is 699. The van der Waals surface area contributed by atoms with Gasteiger partial charge in [0.25, 0.3) is 11.8 Å². The van der Waals surface area contributed by atoms with Gasteiger partial charge in [-0.3, -0.25) is 14.5 Å². The number of amides is 2. The van der Waals surface area contributed by atoms with Crippen LogP contribution in [0.5, 0.6) is 0 Å². The van der Waals surface area contributed by atoms with E-state index in [1.807, 2.05) is 0 Å². The van der Waals surface area contributed by atoms with E-state index in [9.17, 15) is 22.8 Å². The first-order valence-corrected chi connectivity index (χ1v) is 6.99. The molecule has 2 amide bonds. The van der Waals surface area contributed by atoms with Gasteiger partial charge in [0.2, 0.25) is 0 Å². The molecule has 0 bridgehead atoms. The van der Waals surface area contributed by atoms with Crippen molar-refractivity contribution in [1.82, 2.24) is 4.90 Å². The molecule has 6 nitrogen and oxygen atoms in total. The summed E-state index contributed by atoms with van der Waals surface area (Å²) in [5.74, 6) is -1.33. The third-order valence-corrected chi connectivity index (χ3v) is 3.41. The zero-order valence-electron chi connectivity index (χ0n) is 13.0. The first-order chi connectivity index (χ1) is 11.1. The van der Waals surface area contributed by atoms with E-state index in [4.69, 9.17) is 5.11 Å². The van der Waals surface area contributed by atoms with Crippen LogP contribution >= 0.6 is 0 Å². The Morgan fingerprint density at radius 3 is 2.46 bits per heavy atom. The number of imide groups is 1. The lowest BCUT2D eigenvalue weighted by atomic mass is 10.1. The topological polar surface area (TPSA) is 72.9 Å². The van der Waals surface area contributed by atoms with Crippen LogP contribution in [-0.2, 0) is 15.8 Å². The predicted molar refractivity (Wildman–Crippen MR) is 81.3 cm³/mol. The SMILES string of the molecule is CN(C)c1ccc(C(F)(F)F)cc1NC1=CC(=O)N(CCO)C1=O. The average Bonchev–Trinajstić information content (AvgIpc) is 2.74. The quantitative estimate of drug-likeness (QED) is 0.792. The van der Waals surface area contributed by atoms with Crippen molar-refractivity contribution in [2.45, 2.75) is 6.18 Å². The van der Waals surface area contributed by atoms with Crippen LogP contribution in [0.4, 0.5) is 24.5 Å². The number of benzene rings is 1. The van der Waals surface area contributed by atoms with Gasteiger partial charge in [0.15, 0.2) is 0 Å². The van der Waals surface area contributed by atoms with E-state index in [1.54, 1.807) is 19.0 Å². The molecule has 9 heteroatoms. The standard InChI is InChI=1S/C15H16F3N3O3/c1-20(2)12-4-3-9(15(16,17)18)7-10(12)19-11-8-13(23)21(5-6-22)14(11)24/h3-4,7-8,19,22H,5-6H2,1-2H3. The van der Waals surface area contributed by atoms with Crippen LogP contribution in [0, 0.1) is 0 Å². The van der Waals surface area contributed by atoms with E-state index in [-0.39, 0.29) is 17.9 Å². The van der Waals surface area contributed by atoms with Crippen LogP contribution in [0.15, 0.2) is 30.0 Å². The summed E-state index contributed by atoms with van der Waals surface area (Å²) in [5.41, 5.74) is -0.547. The highest BCUT2D eigenvalue weighted by molar-refractivity contribution is 6.17. The molecular weight excluding hydrogens is 327 g/mol. The van der Waals surface area contributed by atoms with Gasteiger partial charge in [-0.1, -0.05) is 0 Å². The van der Waals surface area contributed by atoms with Crippen LogP contribution in [0.3, 0.4) is 0 Å². The highest BCUT2D eigenvalue weighted by Gasteiger charge is 2.33. The van der Waals surface area contributed by atoms with Crippen molar-refractivity contribution >= 4 is 23.2 Å². The minimum absolute atomic E-state index is 0.0491. The molecule has 2 rings (SSSR count). The first kappa shape index (κ1) is 17.8. The van der Waals surface area contributed by atoms with E-state index >= 15 is 0 Å². The van der Waals surface area contributed by atoms with Crippen LogP contribution in [0.1, 0.15) is 5.56 Å². The molecule has 2 N–H and O–H groups in total. The molecule has 24 heavy (non-hydrogen) atoms. The fraction of sp³-hybridized carbons (Fsp3) is 0.333. The molecule has 1 aliphatic heterocycles. The summed E-state index contributed by atoms with van der Waals surface area (Å²) >= 11 is 0. The Morgan fingerprint density at radius 2 is 1.92 bits per heavy atom. The zero-order valence-corrected chi connectivity index (χ0v) is 13.0. The molecule has 1 heterocycles. The zero-order chi connectivity index (χ0) is 18.1. The predicted octanol–water partition coefficient (Wildman–Crippen LogP) is 1.43. The summed E-state index contributed by atoms with van der Waals surface area (Å²) < 4.78 is 38.7. The molecule has 0 aromatic heterocycles. The molecule has 1 aromatic rings. The summed E-state index contributed by atoms with van der Waals surface area (Å²) in [6, 6.07) is 3.09.